The molecule has 37 heavy (non-hydrogen) atoms. The molecule has 0 saturated carbocycles. The van der Waals surface area contributed by atoms with Gasteiger partial charge in [0.05, 0.1) is 22.2 Å². The van der Waals surface area contributed by atoms with Gasteiger partial charge in [0.15, 0.2) is 11.6 Å². The number of nitrogens with one attached hydrogen (secondary N) is 1. The van der Waals surface area contributed by atoms with Gasteiger partial charge in [0, 0.05) is 6.42 Å². The fourth-order valence-corrected chi connectivity index (χ4v) is 4.24. The summed E-state index contributed by atoms with van der Waals surface area (Å²) in [5.41, 5.74) is 2.20. The Hall–Kier alpha value is -5.23. The maximum absolute atomic E-state index is 13.3. The quantitative estimate of drug-likeness (QED) is 0.173. The lowest BCUT2D eigenvalue weighted by Gasteiger charge is -2.24. The second kappa shape index (κ2) is 9.79. The van der Waals surface area contributed by atoms with Gasteiger partial charge in [-0.1, -0.05) is 54.6 Å². The third-order valence-corrected chi connectivity index (χ3v) is 6.06. The van der Waals surface area contributed by atoms with Gasteiger partial charge < -0.3 is 14.8 Å². The van der Waals surface area contributed by atoms with Crippen LogP contribution >= 0.6 is 0 Å². The number of aromatic nitrogens is 2. The number of imide groups is 1. The maximum atomic E-state index is 13.3. The van der Waals surface area contributed by atoms with E-state index in [1.165, 1.54) is 12.1 Å². The van der Waals surface area contributed by atoms with E-state index >= 15 is 0 Å². The van der Waals surface area contributed by atoms with E-state index in [0.29, 0.717) is 16.6 Å². The number of hydrogen-bond acceptors (Lipinski definition) is 7. The summed E-state index contributed by atoms with van der Waals surface area (Å²) in [7, 11) is 0. The van der Waals surface area contributed by atoms with Crippen molar-refractivity contribution < 1.29 is 24.2 Å². The van der Waals surface area contributed by atoms with Crippen molar-refractivity contribution in [1.29, 1.82) is 5.26 Å². The number of aliphatic hydroxyl groups is 1. The Bertz CT molecular complexity index is 1530. The van der Waals surface area contributed by atoms with Crippen LogP contribution in [0.5, 0.6) is 0 Å². The zero-order valence-electron chi connectivity index (χ0n) is 19.4. The zero-order chi connectivity index (χ0) is 25.9. The van der Waals surface area contributed by atoms with Crippen molar-refractivity contribution in [2.45, 2.75) is 12.5 Å². The highest BCUT2D eigenvalue weighted by atomic mass is 16.5. The summed E-state index contributed by atoms with van der Waals surface area (Å²) in [6.07, 6.45) is 0.0182. The summed E-state index contributed by atoms with van der Waals surface area (Å²) in [6.45, 7) is -0.646. The minimum Gasteiger partial charge on any atom is -0.507 e. The maximum Gasteiger partial charge on any atom is 0.330 e. The summed E-state index contributed by atoms with van der Waals surface area (Å²) in [4.78, 5) is 47.6. The van der Waals surface area contributed by atoms with Gasteiger partial charge in [0.2, 0.25) is 0 Å². The molecule has 9 nitrogen and oxygen atoms in total. The summed E-state index contributed by atoms with van der Waals surface area (Å²) in [5.74, 6) is -2.49. The number of para-hydroxylation sites is 2. The van der Waals surface area contributed by atoms with E-state index in [9.17, 15) is 24.8 Å². The van der Waals surface area contributed by atoms with Gasteiger partial charge in [-0.15, -0.1) is 0 Å². The Balaban J connectivity index is 1.41. The molecule has 1 aliphatic rings. The Morgan fingerprint density at radius 2 is 1.59 bits per heavy atom. The third-order valence-electron chi connectivity index (χ3n) is 6.06. The van der Waals surface area contributed by atoms with E-state index in [4.69, 9.17) is 4.74 Å². The number of H-pyrrole nitrogens is 1. The average Bonchev–Trinajstić information content (AvgIpc) is 3.46. The number of allylic oxidation sites excluding steroid dienone is 1. The molecule has 4 aromatic rings. The van der Waals surface area contributed by atoms with Crippen molar-refractivity contribution in [1.82, 2.24) is 14.9 Å². The van der Waals surface area contributed by atoms with Crippen molar-refractivity contribution in [2.24, 2.45) is 0 Å². The van der Waals surface area contributed by atoms with Crippen molar-refractivity contribution in [2.75, 3.05) is 6.61 Å². The number of benzene rings is 3. The molecule has 1 atom stereocenters. The van der Waals surface area contributed by atoms with Gasteiger partial charge in [0.1, 0.15) is 24.3 Å². The van der Waals surface area contributed by atoms with E-state index in [1.54, 1.807) is 60.7 Å². The molecule has 3 aromatic carbocycles. The number of nitriles is 1. The Morgan fingerprint density at radius 1 is 0.973 bits per heavy atom. The number of nitrogens with zero attached hydrogens (tertiary/aromatic N) is 3. The number of fused-ring (bicyclic) bond motifs is 2. The number of amides is 2. The topological polar surface area (TPSA) is 136 Å². The Labute approximate surface area is 211 Å². The van der Waals surface area contributed by atoms with E-state index < -0.39 is 36.2 Å². The van der Waals surface area contributed by atoms with Gasteiger partial charge in [0.25, 0.3) is 11.8 Å². The smallest absolute Gasteiger partial charge is 0.330 e. The summed E-state index contributed by atoms with van der Waals surface area (Å²) >= 11 is 0. The van der Waals surface area contributed by atoms with Crippen LogP contribution in [0.2, 0.25) is 0 Å². The number of aliphatic hydroxyl groups excluding tert-OH is 1. The molecule has 0 bridgehead atoms. The molecule has 1 unspecified atom stereocenters. The van der Waals surface area contributed by atoms with Gasteiger partial charge >= 0.3 is 5.97 Å². The van der Waals surface area contributed by atoms with Gasteiger partial charge in [-0.3, -0.25) is 14.5 Å². The number of carbonyl (C=O) groups is 3. The first-order chi connectivity index (χ1) is 18.0. The highest BCUT2D eigenvalue weighted by Crippen LogP contribution is 2.27. The van der Waals surface area contributed by atoms with Gasteiger partial charge in [-0.2, -0.15) is 5.26 Å². The minimum atomic E-state index is -1.28. The molecular weight excluding hydrogens is 472 g/mol. The van der Waals surface area contributed by atoms with E-state index in [-0.39, 0.29) is 28.9 Å². The number of rotatable bonds is 7. The molecule has 1 aliphatic heterocycles. The SMILES string of the molecule is N#CC(=C(O)COC(=O)C(Cc1ccccc1)N1C(=O)c2ccccc2C1=O)c1nc2ccccc2[nH]1. The Kier molecular flexibility index (Phi) is 6.22. The van der Waals surface area contributed by atoms with E-state index in [1.807, 2.05) is 12.1 Å². The molecule has 0 spiro atoms. The molecule has 2 N–H and O–H groups in total. The van der Waals surface area contributed by atoms with Crippen LogP contribution in [-0.4, -0.2) is 50.4 Å². The highest BCUT2D eigenvalue weighted by Gasteiger charge is 2.43. The van der Waals surface area contributed by atoms with E-state index in [2.05, 4.69) is 9.97 Å². The van der Waals surface area contributed by atoms with Crippen molar-refractivity contribution in [3.8, 4) is 6.07 Å². The monoisotopic (exact) mass is 492 g/mol. The Morgan fingerprint density at radius 3 is 2.24 bits per heavy atom. The van der Waals surface area contributed by atoms with Crippen LogP contribution in [0.25, 0.3) is 16.6 Å². The average molecular weight is 492 g/mol. The van der Waals surface area contributed by atoms with Gasteiger partial charge in [-0.05, 0) is 29.8 Å². The molecule has 9 heteroatoms. The van der Waals surface area contributed by atoms with Crippen molar-refractivity contribution in [3.05, 3.63) is 107 Å². The molecule has 0 fully saturated rings. The number of carbonyl (C=O) groups excluding carboxylic acids is 3. The van der Waals surface area contributed by atoms with Crippen LogP contribution in [0.15, 0.2) is 84.6 Å². The lowest BCUT2D eigenvalue weighted by Crippen LogP contribution is -2.47. The second-order valence-corrected chi connectivity index (χ2v) is 8.38. The molecule has 0 aliphatic carbocycles. The van der Waals surface area contributed by atoms with Crippen LogP contribution in [-0.2, 0) is 16.0 Å². The number of aromatic amines is 1. The van der Waals surface area contributed by atoms with Crippen LogP contribution in [0.3, 0.4) is 0 Å². The second-order valence-electron chi connectivity index (χ2n) is 8.38. The normalized spacial score (nSPS) is 14.2. The van der Waals surface area contributed by atoms with Gasteiger partial charge in [-0.25, -0.2) is 9.78 Å². The van der Waals surface area contributed by atoms with Crippen LogP contribution in [0.1, 0.15) is 32.1 Å². The first-order valence-electron chi connectivity index (χ1n) is 11.4. The molecule has 5 rings (SSSR count). The molecule has 2 amide bonds. The fraction of sp³-hybridized carbons (Fsp3) is 0.107. The van der Waals surface area contributed by atoms with Crippen LogP contribution < -0.4 is 0 Å². The first kappa shape index (κ1) is 23.5. The number of hydrogen-bond donors (Lipinski definition) is 2. The van der Waals surface area contributed by atoms with Crippen molar-refractivity contribution >= 4 is 34.4 Å². The fourth-order valence-electron chi connectivity index (χ4n) is 4.24. The zero-order valence-corrected chi connectivity index (χ0v) is 19.4. The summed E-state index contributed by atoms with van der Waals surface area (Å²) in [6, 6.07) is 23.0. The molecule has 0 radical (unpaired) electrons. The predicted molar refractivity (Wildman–Crippen MR) is 133 cm³/mol. The third kappa shape index (κ3) is 4.44. The van der Waals surface area contributed by atoms with E-state index in [0.717, 1.165) is 4.90 Å². The lowest BCUT2D eigenvalue weighted by atomic mass is 10.0. The molecule has 0 saturated heterocycles. The molecule has 182 valence electrons. The largest absolute Gasteiger partial charge is 0.507 e. The lowest BCUT2D eigenvalue weighted by molar-refractivity contribution is -0.148. The molecule has 2 heterocycles. The summed E-state index contributed by atoms with van der Waals surface area (Å²) < 4.78 is 5.34. The highest BCUT2D eigenvalue weighted by molar-refractivity contribution is 6.22. The standard InChI is InChI=1S/C28H20N4O5/c29-15-20(25-30-21-12-6-7-13-22(21)31-25)24(33)16-37-28(36)23(14-17-8-2-1-3-9-17)32-26(34)18-10-4-5-11-19(18)27(32)35/h1-13,23,33H,14,16H2,(H,30,31). The first-order valence-corrected chi connectivity index (χ1v) is 11.4. The number of imidazole rings is 1. The predicted octanol–water partition coefficient (Wildman–Crippen LogP) is 3.81. The summed E-state index contributed by atoms with van der Waals surface area (Å²) in [5, 5.41) is 20.2. The van der Waals surface area contributed by atoms with Crippen LogP contribution in [0.4, 0.5) is 0 Å². The minimum absolute atomic E-state index is 0.0182. The van der Waals surface area contributed by atoms with Crippen LogP contribution in [0, 0.1) is 11.3 Å². The molecule has 1 aromatic heterocycles. The molecular formula is C28H20N4O5. The number of esters is 1. The number of ether oxygens (including phenoxy) is 1. The van der Waals surface area contributed by atoms with Crippen molar-refractivity contribution in [3.63, 3.8) is 0 Å².